The molecule has 2 aliphatic rings. The topological polar surface area (TPSA) is 49.6 Å². The second-order valence-corrected chi connectivity index (χ2v) is 8.62. The molecule has 0 aromatic carbocycles. The highest BCUT2D eigenvalue weighted by Gasteiger charge is 2.32. The minimum atomic E-state index is 0.180. The molecule has 1 amide bonds. The average molecular weight is 372 g/mol. The summed E-state index contributed by atoms with van der Waals surface area (Å²) < 4.78 is 1.18. The molecule has 2 unspecified atom stereocenters. The largest absolute Gasteiger partial charge is 0.340 e. The van der Waals surface area contributed by atoms with Gasteiger partial charge in [0.25, 0.3) is 0 Å². The Balaban J connectivity index is 1.47. The maximum Gasteiger partial charge on any atom is 0.225 e. The third-order valence-corrected chi connectivity index (χ3v) is 6.12. The van der Waals surface area contributed by atoms with Crippen molar-refractivity contribution in [1.82, 2.24) is 9.80 Å². The van der Waals surface area contributed by atoms with Crippen LogP contribution in [-0.4, -0.2) is 47.9 Å². The third kappa shape index (κ3) is 3.86. The Morgan fingerprint density at radius 3 is 2.62 bits per heavy atom. The van der Waals surface area contributed by atoms with Crippen LogP contribution in [0.4, 0.5) is 0 Å². The maximum absolute atomic E-state index is 12.5. The molecule has 1 aliphatic carbocycles. The van der Waals surface area contributed by atoms with E-state index in [0.29, 0.717) is 5.91 Å². The van der Waals surface area contributed by atoms with E-state index in [1.807, 2.05) is 4.90 Å². The van der Waals surface area contributed by atoms with Crippen LogP contribution in [0.5, 0.6) is 0 Å². The number of piperazine rings is 1. The van der Waals surface area contributed by atoms with Gasteiger partial charge in [-0.3, -0.25) is 9.69 Å². The first-order valence-corrected chi connectivity index (χ1v) is 9.23. The van der Waals surface area contributed by atoms with Crippen LogP contribution in [0, 0.1) is 5.92 Å². The van der Waals surface area contributed by atoms with Crippen molar-refractivity contribution in [3.63, 3.8) is 0 Å². The molecule has 1 saturated heterocycles. The number of carbonyl (C=O) groups is 1. The second-order valence-electron chi connectivity index (χ2n) is 6.08. The van der Waals surface area contributed by atoms with Crippen molar-refractivity contribution in [2.75, 3.05) is 26.2 Å². The van der Waals surface area contributed by atoms with E-state index in [4.69, 9.17) is 5.73 Å². The van der Waals surface area contributed by atoms with Crippen LogP contribution in [0.15, 0.2) is 15.9 Å². The molecule has 116 valence electrons. The van der Waals surface area contributed by atoms with Crippen LogP contribution in [0.2, 0.25) is 0 Å². The van der Waals surface area contributed by atoms with Gasteiger partial charge in [0.05, 0.1) is 3.79 Å². The van der Waals surface area contributed by atoms with Gasteiger partial charge < -0.3 is 10.6 Å². The van der Waals surface area contributed by atoms with Gasteiger partial charge in [0.15, 0.2) is 0 Å². The van der Waals surface area contributed by atoms with E-state index in [1.165, 1.54) is 8.66 Å². The van der Waals surface area contributed by atoms with Gasteiger partial charge in [0.2, 0.25) is 5.91 Å². The first-order chi connectivity index (χ1) is 10.1. The standard InChI is InChI=1S/C15H22BrN3OS/c16-14-4-3-13(21-14)10-18-5-7-19(8-6-18)15(20)11-1-2-12(17)9-11/h3-4,11-12H,1-2,5-10,17H2. The molecule has 2 atom stereocenters. The van der Waals surface area contributed by atoms with Gasteiger partial charge in [-0.05, 0) is 47.3 Å². The summed E-state index contributed by atoms with van der Waals surface area (Å²) in [6, 6.07) is 4.51. The van der Waals surface area contributed by atoms with Gasteiger partial charge in [0.1, 0.15) is 0 Å². The number of rotatable bonds is 3. The monoisotopic (exact) mass is 371 g/mol. The van der Waals surface area contributed by atoms with Crippen LogP contribution < -0.4 is 5.73 Å². The Morgan fingerprint density at radius 1 is 1.29 bits per heavy atom. The third-order valence-electron chi connectivity index (χ3n) is 4.51. The minimum absolute atomic E-state index is 0.180. The van der Waals surface area contributed by atoms with E-state index in [0.717, 1.165) is 52.0 Å². The average Bonchev–Trinajstić information content (AvgIpc) is 3.08. The van der Waals surface area contributed by atoms with Gasteiger partial charge in [-0.15, -0.1) is 11.3 Å². The Labute approximate surface area is 138 Å². The molecule has 1 saturated carbocycles. The first kappa shape index (κ1) is 15.5. The molecule has 2 heterocycles. The summed E-state index contributed by atoms with van der Waals surface area (Å²) in [5, 5.41) is 0. The van der Waals surface area contributed by atoms with Crippen molar-refractivity contribution in [2.24, 2.45) is 11.7 Å². The number of carbonyl (C=O) groups excluding carboxylic acids is 1. The van der Waals surface area contributed by atoms with Crippen molar-refractivity contribution < 1.29 is 4.79 Å². The highest BCUT2D eigenvalue weighted by Crippen LogP contribution is 2.27. The lowest BCUT2D eigenvalue weighted by Gasteiger charge is -2.35. The number of halogens is 1. The fraction of sp³-hybridized carbons (Fsp3) is 0.667. The van der Waals surface area contributed by atoms with Crippen LogP contribution in [0.25, 0.3) is 0 Å². The highest BCUT2D eigenvalue weighted by atomic mass is 79.9. The second kappa shape index (κ2) is 6.77. The number of thiophene rings is 1. The normalized spacial score (nSPS) is 27.2. The van der Waals surface area contributed by atoms with Crippen LogP contribution in [0.3, 0.4) is 0 Å². The zero-order valence-electron chi connectivity index (χ0n) is 12.1. The number of amides is 1. The lowest BCUT2D eigenvalue weighted by Crippen LogP contribution is -2.49. The lowest BCUT2D eigenvalue weighted by atomic mass is 10.1. The van der Waals surface area contributed by atoms with Gasteiger partial charge in [-0.25, -0.2) is 0 Å². The fourth-order valence-corrected chi connectivity index (χ4v) is 4.81. The van der Waals surface area contributed by atoms with E-state index in [9.17, 15) is 4.79 Å². The quantitative estimate of drug-likeness (QED) is 0.886. The number of hydrogen-bond donors (Lipinski definition) is 1. The number of hydrogen-bond acceptors (Lipinski definition) is 4. The van der Waals surface area contributed by atoms with Crippen LogP contribution in [0.1, 0.15) is 24.1 Å². The van der Waals surface area contributed by atoms with E-state index in [1.54, 1.807) is 11.3 Å². The Hall–Kier alpha value is -0.430. The molecule has 4 nitrogen and oxygen atoms in total. The molecule has 3 rings (SSSR count). The maximum atomic E-state index is 12.5. The molecule has 0 spiro atoms. The molecule has 1 aromatic heterocycles. The Kier molecular flexibility index (Phi) is 4.99. The van der Waals surface area contributed by atoms with Gasteiger partial charge in [-0.2, -0.15) is 0 Å². The summed E-state index contributed by atoms with van der Waals surface area (Å²) in [5.74, 6) is 0.515. The van der Waals surface area contributed by atoms with E-state index < -0.39 is 0 Å². The predicted octanol–water partition coefficient (Wildman–Crippen LogP) is 2.28. The Bertz CT molecular complexity index is 499. The van der Waals surface area contributed by atoms with Crippen molar-refractivity contribution >= 4 is 33.2 Å². The Morgan fingerprint density at radius 2 is 2.05 bits per heavy atom. The smallest absolute Gasteiger partial charge is 0.225 e. The summed E-state index contributed by atoms with van der Waals surface area (Å²) >= 11 is 5.29. The predicted molar refractivity (Wildman–Crippen MR) is 89.2 cm³/mol. The van der Waals surface area contributed by atoms with Crippen LogP contribution in [-0.2, 0) is 11.3 Å². The molecular weight excluding hydrogens is 350 g/mol. The number of nitrogens with two attached hydrogens (primary N) is 1. The highest BCUT2D eigenvalue weighted by molar-refractivity contribution is 9.11. The summed E-state index contributed by atoms with van der Waals surface area (Å²) in [5.41, 5.74) is 5.92. The summed E-state index contributed by atoms with van der Waals surface area (Å²) in [7, 11) is 0. The molecule has 0 radical (unpaired) electrons. The van der Waals surface area contributed by atoms with Crippen molar-refractivity contribution in [2.45, 2.75) is 31.8 Å². The van der Waals surface area contributed by atoms with Crippen LogP contribution >= 0.6 is 27.3 Å². The van der Waals surface area contributed by atoms with Crippen molar-refractivity contribution in [1.29, 1.82) is 0 Å². The molecule has 6 heteroatoms. The molecule has 1 aromatic rings. The molecule has 1 aliphatic heterocycles. The van der Waals surface area contributed by atoms with E-state index in [-0.39, 0.29) is 12.0 Å². The summed E-state index contributed by atoms with van der Waals surface area (Å²) in [6.45, 7) is 4.65. The molecule has 2 fully saturated rings. The molecule has 21 heavy (non-hydrogen) atoms. The van der Waals surface area contributed by atoms with E-state index >= 15 is 0 Å². The fourth-order valence-electron chi connectivity index (χ4n) is 3.28. The summed E-state index contributed by atoms with van der Waals surface area (Å²) in [4.78, 5) is 18.3. The summed E-state index contributed by atoms with van der Waals surface area (Å²) in [6.07, 6.45) is 2.86. The zero-order valence-corrected chi connectivity index (χ0v) is 14.5. The minimum Gasteiger partial charge on any atom is -0.340 e. The molecule has 0 bridgehead atoms. The van der Waals surface area contributed by atoms with E-state index in [2.05, 4.69) is 33.0 Å². The van der Waals surface area contributed by atoms with Gasteiger partial charge in [-0.1, -0.05) is 0 Å². The first-order valence-electron chi connectivity index (χ1n) is 7.63. The zero-order chi connectivity index (χ0) is 14.8. The van der Waals surface area contributed by atoms with Gasteiger partial charge in [0, 0.05) is 49.6 Å². The molecule has 2 N–H and O–H groups in total. The van der Waals surface area contributed by atoms with Gasteiger partial charge >= 0.3 is 0 Å². The van der Waals surface area contributed by atoms with Crippen molar-refractivity contribution in [3.8, 4) is 0 Å². The number of nitrogens with zero attached hydrogens (tertiary/aromatic N) is 2. The lowest BCUT2D eigenvalue weighted by molar-refractivity contribution is -0.137. The molecular formula is C15H22BrN3OS. The SMILES string of the molecule is NC1CCC(C(=O)N2CCN(Cc3ccc(Br)s3)CC2)C1. The van der Waals surface area contributed by atoms with Crippen molar-refractivity contribution in [3.05, 3.63) is 20.8 Å².